The number of alkyl halides is 4. The number of carbonyl (C=O) groups is 3. The van der Waals surface area contributed by atoms with Crippen LogP contribution in [-0.2, 0) is 23.9 Å². The smallest absolute Gasteiger partial charge is 0.345 e. The molecule has 0 aromatic heterocycles. The van der Waals surface area contributed by atoms with E-state index in [1.54, 1.807) is 19.2 Å². The van der Waals surface area contributed by atoms with Crippen LogP contribution in [0, 0.1) is 5.92 Å². The second kappa shape index (κ2) is 12.4. The Balaban J connectivity index is 5.04. The van der Waals surface area contributed by atoms with Gasteiger partial charge in [-0.05, 0) is 12.3 Å². The molecule has 0 rings (SSSR count). The fourth-order valence-corrected chi connectivity index (χ4v) is 1.86. The molecule has 0 aromatic carbocycles. The van der Waals surface area contributed by atoms with Gasteiger partial charge < -0.3 is 30.9 Å². The molecular weight excluding hydrogens is 382 g/mol. The molecule has 158 valence electrons. The summed E-state index contributed by atoms with van der Waals surface area (Å²) < 4.78 is 56.3. The molecule has 3 atom stereocenters. The van der Waals surface area contributed by atoms with Crippen LogP contribution in [0.4, 0.5) is 17.6 Å². The van der Waals surface area contributed by atoms with Crippen LogP contribution in [0.25, 0.3) is 0 Å². The molecule has 0 radical (unpaired) electrons. The number of hydrogen-bond acceptors (Lipinski definition) is 6. The van der Waals surface area contributed by atoms with E-state index >= 15 is 0 Å². The summed E-state index contributed by atoms with van der Waals surface area (Å²) in [6.45, 7) is -5.07. The third-order valence-corrected chi connectivity index (χ3v) is 3.09. The van der Waals surface area contributed by atoms with Crippen molar-refractivity contribution in [2.24, 2.45) is 11.7 Å². The Morgan fingerprint density at radius 2 is 1.37 bits per heavy atom. The van der Waals surface area contributed by atoms with E-state index in [9.17, 15) is 31.9 Å². The zero-order valence-corrected chi connectivity index (χ0v) is 14.7. The zero-order valence-electron chi connectivity index (χ0n) is 14.7. The highest BCUT2D eigenvalue weighted by atomic mass is 19.3. The predicted octanol–water partition coefficient (Wildman–Crippen LogP) is -0.108. The van der Waals surface area contributed by atoms with Gasteiger partial charge in [-0.15, -0.1) is 0 Å². The van der Waals surface area contributed by atoms with Gasteiger partial charge in [0.05, 0.1) is 19.3 Å². The molecule has 2 amide bonds. The van der Waals surface area contributed by atoms with Crippen molar-refractivity contribution in [1.29, 1.82) is 0 Å². The number of halogens is 4. The molecule has 0 unspecified atom stereocenters. The summed E-state index contributed by atoms with van der Waals surface area (Å²) in [6.07, 6.45) is 0.232. The van der Waals surface area contributed by atoms with Gasteiger partial charge in [-0.3, -0.25) is 9.59 Å². The minimum Gasteiger partial charge on any atom is -0.480 e. The standard InChI is InChI=1S/C14H23F4N3O6/c1-6(2)3-7(19)10(22)20-8(4-26-13(15)16)11(23)21-9(12(24)25)5-27-14(17)18/h6-9,13-14H,3-5,19H2,1-2H3,(H,20,22)(H,21,23)(H,24,25)/t7-,8-,9-/m0/s1. The molecule has 0 saturated heterocycles. The first-order chi connectivity index (χ1) is 12.4. The van der Waals surface area contributed by atoms with E-state index < -0.39 is 62.3 Å². The van der Waals surface area contributed by atoms with Crippen LogP contribution >= 0.6 is 0 Å². The normalized spacial score (nSPS) is 14.9. The Morgan fingerprint density at radius 3 is 1.78 bits per heavy atom. The maximum Gasteiger partial charge on any atom is 0.345 e. The van der Waals surface area contributed by atoms with E-state index in [-0.39, 0.29) is 12.3 Å². The Morgan fingerprint density at radius 1 is 0.926 bits per heavy atom. The first kappa shape index (κ1) is 25.0. The highest BCUT2D eigenvalue weighted by Gasteiger charge is 2.29. The van der Waals surface area contributed by atoms with E-state index in [4.69, 9.17) is 10.8 Å². The number of rotatable bonds is 13. The number of nitrogens with two attached hydrogens (primary N) is 1. The molecule has 13 heteroatoms. The second-order valence-electron chi connectivity index (χ2n) is 5.88. The number of carbonyl (C=O) groups excluding carboxylic acids is 2. The number of aliphatic carboxylic acids is 1. The number of amides is 2. The molecule has 0 aliphatic carbocycles. The number of hydrogen-bond donors (Lipinski definition) is 4. The number of carboxylic acids is 1. The fourth-order valence-electron chi connectivity index (χ4n) is 1.86. The number of carboxylic acid groups (broad SMARTS) is 1. The molecule has 0 spiro atoms. The van der Waals surface area contributed by atoms with E-state index in [1.165, 1.54) is 0 Å². The summed E-state index contributed by atoms with van der Waals surface area (Å²) in [6, 6.07) is -4.68. The minimum absolute atomic E-state index is 0.0261. The van der Waals surface area contributed by atoms with Crippen molar-refractivity contribution in [3.63, 3.8) is 0 Å². The SMILES string of the molecule is CC(C)C[C@H](N)C(=O)N[C@@H](COC(F)F)C(=O)N[C@@H](COC(F)F)C(=O)O. The lowest BCUT2D eigenvalue weighted by atomic mass is 10.0. The van der Waals surface area contributed by atoms with Crippen LogP contribution in [0.3, 0.4) is 0 Å². The first-order valence-electron chi connectivity index (χ1n) is 7.82. The van der Waals surface area contributed by atoms with Crippen LogP contribution in [0.2, 0.25) is 0 Å². The van der Waals surface area contributed by atoms with Gasteiger partial charge in [-0.2, -0.15) is 17.6 Å². The van der Waals surface area contributed by atoms with E-state index in [0.29, 0.717) is 0 Å². The monoisotopic (exact) mass is 405 g/mol. The average Bonchev–Trinajstić information content (AvgIpc) is 2.53. The Bertz CT molecular complexity index is 495. The van der Waals surface area contributed by atoms with Crippen molar-refractivity contribution in [3.8, 4) is 0 Å². The van der Waals surface area contributed by atoms with E-state index in [0.717, 1.165) is 0 Å². The largest absolute Gasteiger partial charge is 0.480 e. The molecule has 0 heterocycles. The van der Waals surface area contributed by atoms with Gasteiger partial charge in [-0.1, -0.05) is 13.8 Å². The van der Waals surface area contributed by atoms with Crippen molar-refractivity contribution in [2.75, 3.05) is 13.2 Å². The molecule has 0 fully saturated rings. The third kappa shape index (κ3) is 11.4. The van der Waals surface area contributed by atoms with Gasteiger partial charge >= 0.3 is 19.2 Å². The van der Waals surface area contributed by atoms with E-state index in [1.807, 2.05) is 0 Å². The van der Waals surface area contributed by atoms with Crippen molar-refractivity contribution in [2.45, 2.75) is 51.6 Å². The van der Waals surface area contributed by atoms with E-state index in [2.05, 4.69) is 14.8 Å². The Labute approximate surface area is 152 Å². The molecule has 0 saturated carbocycles. The summed E-state index contributed by atoms with van der Waals surface area (Å²) in [5, 5.41) is 12.8. The van der Waals surface area contributed by atoms with Crippen molar-refractivity contribution >= 4 is 17.8 Å². The quantitative estimate of drug-likeness (QED) is 0.314. The summed E-state index contributed by atoms with van der Waals surface area (Å²) >= 11 is 0. The molecule has 0 aliphatic heterocycles. The molecular formula is C14H23F4N3O6. The highest BCUT2D eigenvalue weighted by Crippen LogP contribution is 2.04. The van der Waals surface area contributed by atoms with Gasteiger partial charge in [-0.25, -0.2) is 4.79 Å². The molecule has 9 nitrogen and oxygen atoms in total. The van der Waals surface area contributed by atoms with Crippen molar-refractivity contribution in [1.82, 2.24) is 10.6 Å². The van der Waals surface area contributed by atoms with Crippen LogP contribution < -0.4 is 16.4 Å². The van der Waals surface area contributed by atoms with Crippen LogP contribution in [0.15, 0.2) is 0 Å². The third-order valence-electron chi connectivity index (χ3n) is 3.09. The Hall–Kier alpha value is -1.99. The lowest BCUT2D eigenvalue weighted by Crippen LogP contribution is -2.57. The molecule has 27 heavy (non-hydrogen) atoms. The van der Waals surface area contributed by atoms with Gasteiger partial charge in [0, 0.05) is 0 Å². The predicted molar refractivity (Wildman–Crippen MR) is 82.8 cm³/mol. The maximum absolute atomic E-state index is 12.2. The fraction of sp³-hybridized carbons (Fsp3) is 0.786. The minimum atomic E-state index is -3.28. The topological polar surface area (TPSA) is 140 Å². The lowest BCUT2D eigenvalue weighted by Gasteiger charge is -2.23. The van der Waals surface area contributed by atoms with Crippen LogP contribution in [-0.4, -0.2) is 67.5 Å². The first-order valence-corrected chi connectivity index (χ1v) is 7.82. The van der Waals surface area contributed by atoms with Gasteiger partial charge in [0.25, 0.3) is 0 Å². The second-order valence-corrected chi connectivity index (χ2v) is 5.88. The van der Waals surface area contributed by atoms with Gasteiger partial charge in [0.1, 0.15) is 6.04 Å². The van der Waals surface area contributed by atoms with Gasteiger partial charge in [0.2, 0.25) is 11.8 Å². The summed E-state index contributed by atoms with van der Waals surface area (Å²) in [7, 11) is 0. The molecule has 0 bridgehead atoms. The van der Waals surface area contributed by atoms with Crippen molar-refractivity contribution < 1.29 is 46.5 Å². The highest BCUT2D eigenvalue weighted by molar-refractivity contribution is 5.91. The number of ether oxygens (including phenoxy) is 2. The zero-order chi connectivity index (χ0) is 21.1. The van der Waals surface area contributed by atoms with Gasteiger partial charge in [0.15, 0.2) is 6.04 Å². The summed E-state index contributed by atoms with van der Waals surface area (Å²) in [5.74, 6) is -3.78. The molecule has 0 aliphatic rings. The lowest BCUT2D eigenvalue weighted by molar-refractivity contribution is -0.159. The number of nitrogens with one attached hydrogen (secondary N) is 2. The average molecular weight is 405 g/mol. The Kier molecular flexibility index (Phi) is 11.5. The molecule has 0 aromatic rings. The molecule has 5 N–H and O–H groups in total. The summed E-state index contributed by atoms with van der Waals surface area (Å²) in [5.41, 5.74) is 5.62. The van der Waals surface area contributed by atoms with Crippen molar-refractivity contribution in [3.05, 3.63) is 0 Å². The van der Waals surface area contributed by atoms with Crippen LogP contribution in [0.1, 0.15) is 20.3 Å². The van der Waals surface area contributed by atoms with Crippen LogP contribution in [0.5, 0.6) is 0 Å². The maximum atomic E-state index is 12.2. The summed E-state index contributed by atoms with van der Waals surface area (Å²) in [4.78, 5) is 35.1.